The van der Waals surface area contributed by atoms with Crippen molar-refractivity contribution in [3.8, 4) is 0 Å². The predicted molar refractivity (Wildman–Crippen MR) is 91.4 cm³/mol. The smallest absolute Gasteiger partial charge is 0.272 e. The van der Waals surface area contributed by atoms with Crippen molar-refractivity contribution in [1.82, 2.24) is 20.3 Å². The standard InChI is InChI=1S/C19H18N4O/c1-14-5-7-15(8-6-14)12-17(16-4-2-3-9-21-16)23-19(24)18-13-20-10-11-22-18/h2-11,13,17H,12H2,1H3,(H,23,24)/t17-/m0/s1. The number of aryl methyl sites for hydroxylation is 1. The molecular formula is C19H18N4O. The molecule has 3 aromatic rings. The van der Waals surface area contributed by atoms with Crippen molar-refractivity contribution in [2.75, 3.05) is 0 Å². The second kappa shape index (κ2) is 7.46. The highest BCUT2D eigenvalue weighted by molar-refractivity contribution is 5.92. The Bertz CT molecular complexity index is 789. The van der Waals surface area contributed by atoms with Gasteiger partial charge in [-0.2, -0.15) is 0 Å². The molecule has 0 aliphatic rings. The van der Waals surface area contributed by atoms with Gasteiger partial charge in [0, 0.05) is 18.6 Å². The van der Waals surface area contributed by atoms with E-state index < -0.39 is 0 Å². The highest BCUT2D eigenvalue weighted by Crippen LogP contribution is 2.17. The second-order valence-corrected chi connectivity index (χ2v) is 5.56. The van der Waals surface area contributed by atoms with Gasteiger partial charge in [-0.25, -0.2) is 4.98 Å². The summed E-state index contributed by atoms with van der Waals surface area (Å²) in [6.07, 6.45) is 6.88. The summed E-state index contributed by atoms with van der Waals surface area (Å²) in [6, 6.07) is 13.7. The number of hydrogen-bond donors (Lipinski definition) is 1. The van der Waals surface area contributed by atoms with E-state index in [1.807, 2.05) is 18.2 Å². The van der Waals surface area contributed by atoms with E-state index in [0.717, 1.165) is 11.3 Å². The fraction of sp³-hybridized carbons (Fsp3) is 0.158. The molecule has 0 saturated carbocycles. The molecule has 5 nitrogen and oxygen atoms in total. The van der Waals surface area contributed by atoms with Gasteiger partial charge in [0.15, 0.2) is 0 Å². The van der Waals surface area contributed by atoms with Crippen LogP contribution in [-0.2, 0) is 6.42 Å². The van der Waals surface area contributed by atoms with E-state index in [-0.39, 0.29) is 11.9 Å². The van der Waals surface area contributed by atoms with E-state index >= 15 is 0 Å². The number of nitrogens with zero attached hydrogens (tertiary/aromatic N) is 3. The molecule has 0 unspecified atom stereocenters. The van der Waals surface area contributed by atoms with Crippen molar-refractivity contribution in [2.45, 2.75) is 19.4 Å². The van der Waals surface area contributed by atoms with Crippen LogP contribution in [0.2, 0.25) is 0 Å². The highest BCUT2D eigenvalue weighted by atomic mass is 16.1. The van der Waals surface area contributed by atoms with Crippen molar-refractivity contribution in [3.05, 3.63) is 89.8 Å². The minimum absolute atomic E-state index is 0.233. The van der Waals surface area contributed by atoms with Crippen LogP contribution in [0.4, 0.5) is 0 Å². The van der Waals surface area contributed by atoms with Gasteiger partial charge in [-0.3, -0.25) is 14.8 Å². The Morgan fingerprint density at radius 2 is 1.88 bits per heavy atom. The SMILES string of the molecule is Cc1ccc(C[C@H](NC(=O)c2cnccn2)c2ccccn2)cc1. The third kappa shape index (κ3) is 4.01. The molecule has 2 aromatic heterocycles. The number of hydrogen-bond acceptors (Lipinski definition) is 4. The molecule has 24 heavy (non-hydrogen) atoms. The molecule has 0 spiro atoms. The van der Waals surface area contributed by atoms with Crippen LogP contribution in [-0.4, -0.2) is 20.9 Å². The lowest BCUT2D eigenvalue weighted by Gasteiger charge is -2.18. The first-order valence-electron chi connectivity index (χ1n) is 7.76. The number of rotatable bonds is 5. The molecule has 0 fully saturated rings. The zero-order valence-electron chi connectivity index (χ0n) is 13.4. The largest absolute Gasteiger partial charge is 0.342 e. The van der Waals surface area contributed by atoms with Gasteiger partial charge in [0.1, 0.15) is 5.69 Å². The Morgan fingerprint density at radius 3 is 2.54 bits per heavy atom. The van der Waals surface area contributed by atoms with E-state index in [0.29, 0.717) is 12.1 Å². The first-order valence-corrected chi connectivity index (χ1v) is 7.76. The number of pyridine rings is 1. The molecule has 0 saturated heterocycles. The Kier molecular flexibility index (Phi) is 4.91. The maximum absolute atomic E-state index is 12.4. The summed E-state index contributed by atoms with van der Waals surface area (Å²) in [7, 11) is 0. The van der Waals surface area contributed by atoms with Crippen molar-refractivity contribution in [2.24, 2.45) is 0 Å². The number of carbonyl (C=O) groups excluding carboxylic acids is 1. The Hall–Kier alpha value is -3.08. The molecule has 5 heteroatoms. The minimum atomic E-state index is -0.258. The minimum Gasteiger partial charge on any atom is -0.342 e. The fourth-order valence-corrected chi connectivity index (χ4v) is 2.42. The average Bonchev–Trinajstić information content (AvgIpc) is 2.64. The normalized spacial score (nSPS) is 11.7. The summed E-state index contributed by atoms with van der Waals surface area (Å²) in [5.74, 6) is -0.258. The van der Waals surface area contributed by atoms with E-state index in [9.17, 15) is 4.79 Å². The van der Waals surface area contributed by atoms with Gasteiger partial charge in [-0.05, 0) is 31.0 Å². The van der Waals surface area contributed by atoms with E-state index in [4.69, 9.17) is 0 Å². The Labute approximate surface area is 140 Å². The lowest BCUT2D eigenvalue weighted by atomic mass is 10.0. The van der Waals surface area contributed by atoms with Crippen LogP contribution >= 0.6 is 0 Å². The number of aromatic nitrogens is 3. The van der Waals surface area contributed by atoms with Crippen molar-refractivity contribution < 1.29 is 4.79 Å². The summed E-state index contributed by atoms with van der Waals surface area (Å²) >= 11 is 0. The van der Waals surface area contributed by atoms with E-state index in [1.54, 1.807) is 12.4 Å². The maximum Gasteiger partial charge on any atom is 0.272 e. The molecule has 0 aliphatic heterocycles. The highest BCUT2D eigenvalue weighted by Gasteiger charge is 2.18. The van der Waals surface area contributed by atoms with Crippen LogP contribution in [0.1, 0.15) is 33.4 Å². The van der Waals surface area contributed by atoms with Crippen molar-refractivity contribution in [1.29, 1.82) is 0 Å². The van der Waals surface area contributed by atoms with Gasteiger partial charge < -0.3 is 5.32 Å². The first-order chi connectivity index (χ1) is 11.7. The molecule has 1 atom stereocenters. The van der Waals surface area contributed by atoms with Crippen LogP contribution < -0.4 is 5.32 Å². The predicted octanol–water partition coefficient (Wildman–Crippen LogP) is 2.89. The Morgan fingerprint density at radius 1 is 1.04 bits per heavy atom. The van der Waals surface area contributed by atoms with Gasteiger partial charge in [-0.1, -0.05) is 35.9 Å². The molecule has 3 rings (SSSR count). The Balaban J connectivity index is 1.82. The summed E-state index contributed by atoms with van der Waals surface area (Å²) in [5, 5.41) is 3.01. The zero-order chi connectivity index (χ0) is 16.8. The monoisotopic (exact) mass is 318 g/mol. The van der Waals surface area contributed by atoms with Gasteiger partial charge in [0.2, 0.25) is 0 Å². The average molecular weight is 318 g/mol. The molecule has 1 N–H and O–H groups in total. The van der Waals surface area contributed by atoms with Crippen LogP contribution in [0.25, 0.3) is 0 Å². The number of carbonyl (C=O) groups is 1. The molecular weight excluding hydrogens is 300 g/mol. The van der Waals surface area contributed by atoms with Gasteiger partial charge >= 0.3 is 0 Å². The number of amides is 1. The first kappa shape index (κ1) is 15.8. The molecule has 1 amide bonds. The van der Waals surface area contributed by atoms with Gasteiger partial charge in [0.25, 0.3) is 5.91 Å². The second-order valence-electron chi connectivity index (χ2n) is 5.56. The van der Waals surface area contributed by atoms with E-state index in [1.165, 1.54) is 18.0 Å². The van der Waals surface area contributed by atoms with Crippen molar-refractivity contribution in [3.63, 3.8) is 0 Å². The van der Waals surface area contributed by atoms with Crippen LogP contribution in [0.15, 0.2) is 67.3 Å². The molecule has 0 bridgehead atoms. The third-order valence-corrected chi connectivity index (χ3v) is 3.71. The van der Waals surface area contributed by atoms with Gasteiger partial charge in [0.05, 0.1) is 17.9 Å². The quantitative estimate of drug-likeness (QED) is 0.785. The van der Waals surface area contributed by atoms with Gasteiger partial charge in [-0.15, -0.1) is 0 Å². The number of nitrogens with one attached hydrogen (secondary N) is 1. The van der Waals surface area contributed by atoms with Crippen LogP contribution in [0, 0.1) is 6.92 Å². The summed E-state index contributed by atoms with van der Waals surface area (Å²) in [4.78, 5) is 24.8. The third-order valence-electron chi connectivity index (χ3n) is 3.71. The maximum atomic E-state index is 12.4. The lowest BCUT2D eigenvalue weighted by Crippen LogP contribution is -2.31. The lowest BCUT2D eigenvalue weighted by molar-refractivity contribution is 0.0930. The molecule has 0 aliphatic carbocycles. The van der Waals surface area contributed by atoms with Crippen LogP contribution in [0.3, 0.4) is 0 Å². The van der Waals surface area contributed by atoms with Crippen molar-refractivity contribution >= 4 is 5.91 Å². The summed E-state index contributed by atoms with van der Waals surface area (Å²) < 4.78 is 0. The summed E-state index contributed by atoms with van der Waals surface area (Å²) in [6.45, 7) is 2.05. The molecule has 0 radical (unpaired) electrons. The topological polar surface area (TPSA) is 67.8 Å². The molecule has 1 aromatic carbocycles. The zero-order valence-corrected chi connectivity index (χ0v) is 13.4. The number of benzene rings is 1. The molecule has 120 valence electrons. The fourth-order valence-electron chi connectivity index (χ4n) is 2.42. The van der Waals surface area contributed by atoms with E-state index in [2.05, 4.69) is 51.5 Å². The summed E-state index contributed by atoms with van der Waals surface area (Å²) in [5.41, 5.74) is 3.45. The molecule has 2 heterocycles. The van der Waals surface area contributed by atoms with Crippen LogP contribution in [0.5, 0.6) is 0 Å².